The molecule has 0 saturated heterocycles. The number of nitrogens with zero attached hydrogens (tertiary/aromatic N) is 1. The maximum Gasteiger partial charge on any atom is 0.257 e. The van der Waals surface area contributed by atoms with Gasteiger partial charge in [0, 0.05) is 17.6 Å². The molecule has 0 N–H and O–H groups in total. The van der Waals surface area contributed by atoms with Crippen molar-refractivity contribution < 1.29 is 14.4 Å². The van der Waals surface area contributed by atoms with Gasteiger partial charge in [-0.25, -0.2) is 0 Å². The maximum atomic E-state index is 11.8. The van der Waals surface area contributed by atoms with Crippen molar-refractivity contribution in [3.05, 3.63) is 11.6 Å². The molecule has 1 aliphatic rings. The van der Waals surface area contributed by atoms with E-state index in [0.717, 1.165) is 4.90 Å². The van der Waals surface area contributed by atoms with Gasteiger partial charge in [-0.15, -0.1) is 0 Å². The first-order chi connectivity index (χ1) is 7.19. The van der Waals surface area contributed by atoms with Gasteiger partial charge in [0.25, 0.3) is 11.8 Å². The zero-order valence-electron chi connectivity index (χ0n) is 9.90. The van der Waals surface area contributed by atoms with Crippen LogP contribution in [0.1, 0.15) is 27.7 Å². The van der Waals surface area contributed by atoms with Crippen molar-refractivity contribution in [1.29, 1.82) is 0 Å². The summed E-state index contributed by atoms with van der Waals surface area (Å²) in [6.07, 6.45) is 1.28. The third-order valence-corrected chi connectivity index (χ3v) is 3.16. The van der Waals surface area contributed by atoms with Crippen LogP contribution in [0.2, 0.25) is 0 Å². The predicted octanol–water partition coefficient (Wildman–Crippen LogP) is 0.411. The molecule has 2 radical (unpaired) electrons. The first-order valence-corrected chi connectivity index (χ1v) is 5.05. The number of carbonyl (C=O) groups excluding carboxylic acids is 3. The molecular weight excluding hydrogens is 205 g/mol. The van der Waals surface area contributed by atoms with Crippen LogP contribution in [0.15, 0.2) is 11.6 Å². The van der Waals surface area contributed by atoms with Gasteiger partial charge in [-0.05, 0) is 20.8 Å². The quantitative estimate of drug-likeness (QED) is 0.510. The van der Waals surface area contributed by atoms with Crippen LogP contribution < -0.4 is 0 Å². The Kier molecular flexibility index (Phi) is 3.08. The Hall–Kier alpha value is -1.39. The molecule has 1 atom stereocenters. The molecular formula is C11H14BNO3. The lowest BCUT2D eigenvalue weighted by Crippen LogP contribution is -2.54. The van der Waals surface area contributed by atoms with Crippen molar-refractivity contribution >= 4 is 25.3 Å². The molecule has 84 valence electrons. The molecule has 0 fully saturated rings. The van der Waals surface area contributed by atoms with Crippen LogP contribution in [0, 0.1) is 5.92 Å². The van der Waals surface area contributed by atoms with Gasteiger partial charge in [-0.1, -0.05) is 6.92 Å². The summed E-state index contributed by atoms with van der Waals surface area (Å²) in [6, 6.07) is 0. The first kappa shape index (κ1) is 12.7. The van der Waals surface area contributed by atoms with Crippen LogP contribution in [-0.2, 0) is 14.4 Å². The lowest BCUT2D eigenvalue weighted by Gasteiger charge is -2.38. The monoisotopic (exact) mass is 219 g/mol. The highest BCUT2D eigenvalue weighted by Crippen LogP contribution is 2.29. The van der Waals surface area contributed by atoms with Crippen LogP contribution >= 0.6 is 0 Å². The highest BCUT2D eigenvalue weighted by molar-refractivity contribution is 6.58. The predicted molar refractivity (Wildman–Crippen MR) is 59.6 cm³/mol. The van der Waals surface area contributed by atoms with E-state index >= 15 is 0 Å². The standard InChI is InChI=1S/C11H14BNO3/c1-6-5-8(14)13(10(6)16)11(3,4)7(2)9(12)15/h5,7H,1-4H3. The van der Waals surface area contributed by atoms with Crippen LogP contribution in [-0.4, -0.2) is 35.8 Å². The van der Waals surface area contributed by atoms with Gasteiger partial charge in [0.15, 0.2) is 7.85 Å². The van der Waals surface area contributed by atoms with Gasteiger partial charge < -0.3 is 4.79 Å². The molecule has 0 aromatic carbocycles. The van der Waals surface area contributed by atoms with Crippen LogP contribution in [0.25, 0.3) is 0 Å². The summed E-state index contributed by atoms with van der Waals surface area (Å²) in [4.78, 5) is 35.7. The van der Waals surface area contributed by atoms with E-state index in [1.807, 2.05) is 0 Å². The topological polar surface area (TPSA) is 54.5 Å². The van der Waals surface area contributed by atoms with Gasteiger partial charge in [-0.3, -0.25) is 14.5 Å². The third-order valence-electron chi connectivity index (χ3n) is 3.16. The van der Waals surface area contributed by atoms with E-state index in [1.165, 1.54) is 6.08 Å². The number of rotatable bonds is 3. The van der Waals surface area contributed by atoms with Crippen LogP contribution in [0.3, 0.4) is 0 Å². The number of hydrogen-bond acceptors (Lipinski definition) is 3. The Bertz CT molecular complexity index is 398. The maximum absolute atomic E-state index is 11.8. The molecule has 1 heterocycles. The van der Waals surface area contributed by atoms with Crippen molar-refractivity contribution in [2.75, 3.05) is 0 Å². The fourth-order valence-electron chi connectivity index (χ4n) is 1.68. The summed E-state index contributed by atoms with van der Waals surface area (Å²) in [6.45, 7) is 6.50. The highest BCUT2D eigenvalue weighted by Gasteiger charge is 2.43. The Labute approximate surface area is 96.1 Å². The van der Waals surface area contributed by atoms with Crippen molar-refractivity contribution in [3.8, 4) is 0 Å². The first-order valence-electron chi connectivity index (χ1n) is 5.05. The average molecular weight is 219 g/mol. The van der Waals surface area contributed by atoms with Crippen molar-refractivity contribution in [2.24, 2.45) is 5.92 Å². The SMILES string of the molecule is [B]C(=O)C(C)C(C)(C)N1C(=O)C=C(C)C1=O. The molecule has 0 spiro atoms. The number of imide groups is 1. The van der Waals surface area contributed by atoms with E-state index in [0.29, 0.717) is 5.57 Å². The molecule has 5 heteroatoms. The second-order valence-electron chi connectivity index (χ2n) is 4.58. The summed E-state index contributed by atoms with van der Waals surface area (Å²) in [7, 11) is 5.21. The van der Waals surface area contributed by atoms with E-state index in [-0.39, 0.29) is 11.8 Å². The summed E-state index contributed by atoms with van der Waals surface area (Å²) < 4.78 is 0. The molecule has 0 aliphatic carbocycles. The highest BCUT2D eigenvalue weighted by atomic mass is 16.2. The summed E-state index contributed by atoms with van der Waals surface area (Å²) in [5.74, 6) is -1.34. The van der Waals surface area contributed by atoms with Gasteiger partial charge in [-0.2, -0.15) is 0 Å². The largest absolute Gasteiger partial charge is 0.312 e. The number of carbonyl (C=O) groups is 3. The molecule has 0 aromatic heterocycles. The fraction of sp³-hybridized carbons (Fsp3) is 0.545. The molecule has 2 amide bonds. The van der Waals surface area contributed by atoms with E-state index < -0.39 is 17.1 Å². The summed E-state index contributed by atoms with van der Waals surface area (Å²) in [5, 5.41) is 0. The Morgan fingerprint density at radius 1 is 1.44 bits per heavy atom. The molecule has 1 rings (SSSR count). The lowest BCUT2D eigenvalue weighted by molar-refractivity contribution is -0.146. The molecule has 0 saturated carbocycles. The van der Waals surface area contributed by atoms with E-state index in [9.17, 15) is 14.4 Å². The molecule has 1 aliphatic heterocycles. The smallest absolute Gasteiger partial charge is 0.257 e. The van der Waals surface area contributed by atoms with Crippen molar-refractivity contribution in [3.63, 3.8) is 0 Å². The van der Waals surface area contributed by atoms with Gasteiger partial charge in [0.1, 0.15) is 0 Å². The second kappa shape index (κ2) is 3.89. The molecule has 16 heavy (non-hydrogen) atoms. The second-order valence-corrected chi connectivity index (χ2v) is 4.58. The minimum Gasteiger partial charge on any atom is -0.312 e. The molecule has 0 bridgehead atoms. The summed E-state index contributed by atoms with van der Waals surface area (Å²) >= 11 is 0. The minimum absolute atomic E-state index is 0.358. The fourth-order valence-corrected chi connectivity index (χ4v) is 1.68. The van der Waals surface area contributed by atoms with Crippen molar-refractivity contribution in [1.82, 2.24) is 4.90 Å². The average Bonchev–Trinajstić information content (AvgIpc) is 2.39. The zero-order chi connectivity index (χ0) is 12.7. The molecule has 0 aromatic rings. The Morgan fingerprint density at radius 3 is 2.25 bits per heavy atom. The number of amides is 2. The Balaban J connectivity index is 3.07. The van der Waals surface area contributed by atoms with Crippen LogP contribution in [0.4, 0.5) is 0 Å². The van der Waals surface area contributed by atoms with E-state index in [4.69, 9.17) is 7.85 Å². The van der Waals surface area contributed by atoms with Gasteiger partial charge in [0.05, 0.1) is 11.2 Å². The Morgan fingerprint density at radius 2 is 1.94 bits per heavy atom. The van der Waals surface area contributed by atoms with Crippen LogP contribution in [0.5, 0.6) is 0 Å². The van der Waals surface area contributed by atoms with Gasteiger partial charge >= 0.3 is 0 Å². The third kappa shape index (κ3) is 1.82. The van der Waals surface area contributed by atoms with Gasteiger partial charge in [0.2, 0.25) is 0 Å². The van der Waals surface area contributed by atoms with E-state index in [1.54, 1.807) is 27.7 Å². The number of hydrogen-bond donors (Lipinski definition) is 0. The molecule has 4 nitrogen and oxygen atoms in total. The lowest BCUT2D eigenvalue weighted by atomic mass is 9.77. The minimum atomic E-state index is -0.908. The zero-order valence-corrected chi connectivity index (χ0v) is 9.90. The molecule has 1 unspecified atom stereocenters. The normalized spacial score (nSPS) is 18.8. The van der Waals surface area contributed by atoms with E-state index in [2.05, 4.69) is 0 Å². The summed E-state index contributed by atoms with van der Waals surface area (Å²) in [5.41, 5.74) is -1.06. The van der Waals surface area contributed by atoms with Crippen molar-refractivity contribution in [2.45, 2.75) is 33.2 Å².